The molecule has 1 aliphatic rings. The average Bonchev–Trinajstić information content (AvgIpc) is 2.45. The van der Waals surface area contributed by atoms with Gasteiger partial charge in [0.1, 0.15) is 6.04 Å². The van der Waals surface area contributed by atoms with Crippen molar-refractivity contribution in [2.45, 2.75) is 24.6 Å². The van der Waals surface area contributed by atoms with Crippen LogP contribution in [0.4, 0.5) is 39.5 Å². The molecule has 1 atom stereocenters. The van der Waals surface area contributed by atoms with Gasteiger partial charge < -0.3 is 5.32 Å². The molecule has 0 unspecified atom stereocenters. The normalized spacial score (nSPS) is 19.1. The molecule has 1 N–H and O–H groups in total. The van der Waals surface area contributed by atoms with Gasteiger partial charge in [-0.15, -0.1) is 0 Å². The molecule has 0 spiro atoms. The monoisotopic (exact) mass is 380 g/mol. The van der Waals surface area contributed by atoms with Gasteiger partial charge in [0.15, 0.2) is 0 Å². The number of halogens is 9. The Labute approximate surface area is 136 Å². The van der Waals surface area contributed by atoms with Crippen molar-refractivity contribution in [3.05, 3.63) is 34.9 Å². The van der Waals surface area contributed by atoms with Crippen molar-refractivity contribution in [1.82, 2.24) is 10.2 Å². The second kappa shape index (κ2) is 6.67. The maximum Gasteiger partial charge on any atom is 0.416 e. The third-order valence-corrected chi connectivity index (χ3v) is 3.81. The average molecular weight is 380 g/mol. The number of alkyl halides is 9. The number of benzene rings is 1. The molecular weight excluding hydrogens is 367 g/mol. The number of hydrogen-bond donors (Lipinski definition) is 1. The highest BCUT2D eigenvalue weighted by Crippen LogP contribution is 2.45. The van der Waals surface area contributed by atoms with Crippen LogP contribution < -0.4 is 5.32 Å². The minimum Gasteiger partial charge on any atom is -0.314 e. The fourth-order valence-corrected chi connectivity index (χ4v) is 2.74. The lowest BCUT2D eigenvalue weighted by atomic mass is 9.95. The Kier molecular flexibility index (Phi) is 5.29. The van der Waals surface area contributed by atoms with Gasteiger partial charge in [-0.2, -0.15) is 39.5 Å². The van der Waals surface area contributed by atoms with E-state index in [1.807, 2.05) is 0 Å². The van der Waals surface area contributed by atoms with Crippen LogP contribution in [0.3, 0.4) is 0 Å². The third-order valence-electron chi connectivity index (χ3n) is 3.81. The topological polar surface area (TPSA) is 15.3 Å². The van der Waals surface area contributed by atoms with Crippen molar-refractivity contribution in [1.29, 1.82) is 0 Å². The standard InChI is InChI=1S/C14H13F9N2/c15-12(16,17)8-1-2-9(10(7-8)13(18,19)20)11(14(21,22)23)25-5-3-24-4-6-25/h1-2,7,11,24H,3-6H2/t11-/m0/s1. The van der Waals surface area contributed by atoms with E-state index >= 15 is 0 Å². The minimum absolute atomic E-state index is 0.133. The van der Waals surface area contributed by atoms with Crippen LogP contribution in [0.25, 0.3) is 0 Å². The van der Waals surface area contributed by atoms with E-state index in [0.29, 0.717) is 0 Å². The number of hydrogen-bond acceptors (Lipinski definition) is 2. The molecule has 1 aromatic rings. The molecule has 0 amide bonds. The van der Waals surface area contributed by atoms with Gasteiger partial charge in [-0.3, -0.25) is 4.90 Å². The first-order valence-corrected chi connectivity index (χ1v) is 7.11. The molecule has 0 aromatic heterocycles. The maximum absolute atomic E-state index is 13.4. The number of piperazine rings is 1. The van der Waals surface area contributed by atoms with Crippen LogP contribution in [0, 0.1) is 0 Å². The molecule has 1 fully saturated rings. The number of nitrogens with one attached hydrogen (secondary N) is 1. The molecule has 1 heterocycles. The zero-order valence-electron chi connectivity index (χ0n) is 12.5. The predicted molar refractivity (Wildman–Crippen MR) is 69.7 cm³/mol. The summed E-state index contributed by atoms with van der Waals surface area (Å²) in [6.45, 7) is -0.0892. The summed E-state index contributed by atoms with van der Waals surface area (Å²) in [5.41, 5.74) is -4.80. The fourth-order valence-electron chi connectivity index (χ4n) is 2.74. The molecule has 2 nitrogen and oxygen atoms in total. The Morgan fingerprint density at radius 2 is 1.40 bits per heavy atom. The quantitative estimate of drug-likeness (QED) is 0.773. The van der Waals surface area contributed by atoms with E-state index in [1.165, 1.54) is 0 Å². The Morgan fingerprint density at radius 3 is 1.84 bits per heavy atom. The summed E-state index contributed by atoms with van der Waals surface area (Å²) in [7, 11) is 0. The van der Waals surface area contributed by atoms with Gasteiger partial charge in [0.25, 0.3) is 0 Å². The highest BCUT2D eigenvalue weighted by Gasteiger charge is 2.49. The van der Waals surface area contributed by atoms with E-state index in [0.717, 1.165) is 4.90 Å². The number of rotatable bonds is 2. The van der Waals surface area contributed by atoms with Crippen LogP contribution in [0.5, 0.6) is 0 Å². The van der Waals surface area contributed by atoms with Crippen molar-refractivity contribution >= 4 is 0 Å². The minimum atomic E-state index is -5.35. The maximum atomic E-state index is 13.4. The molecule has 0 aliphatic carbocycles. The van der Waals surface area contributed by atoms with E-state index in [4.69, 9.17) is 0 Å². The smallest absolute Gasteiger partial charge is 0.314 e. The molecule has 1 saturated heterocycles. The van der Waals surface area contributed by atoms with Gasteiger partial charge in [-0.25, -0.2) is 0 Å². The highest BCUT2D eigenvalue weighted by atomic mass is 19.4. The van der Waals surface area contributed by atoms with E-state index in [2.05, 4.69) is 5.32 Å². The second-order valence-corrected chi connectivity index (χ2v) is 5.53. The van der Waals surface area contributed by atoms with Gasteiger partial charge >= 0.3 is 18.5 Å². The lowest BCUT2D eigenvalue weighted by molar-refractivity contribution is -0.190. The SMILES string of the molecule is FC(F)(F)c1ccc([C@H](N2CCNCC2)C(F)(F)F)c(C(F)(F)F)c1. The molecular formula is C14H13F9N2. The van der Waals surface area contributed by atoms with Crippen LogP contribution in [0.1, 0.15) is 22.7 Å². The summed E-state index contributed by atoms with van der Waals surface area (Å²) in [5, 5.41) is 2.77. The first-order chi connectivity index (χ1) is 11.3. The summed E-state index contributed by atoms with van der Waals surface area (Å²) in [4.78, 5) is 0.786. The van der Waals surface area contributed by atoms with Crippen LogP contribution in [-0.2, 0) is 12.4 Å². The van der Waals surface area contributed by atoms with Crippen LogP contribution >= 0.6 is 0 Å². The van der Waals surface area contributed by atoms with Gasteiger partial charge in [0.05, 0.1) is 11.1 Å². The molecule has 0 bridgehead atoms. The fraction of sp³-hybridized carbons (Fsp3) is 0.571. The van der Waals surface area contributed by atoms with E-state index < -0.39 is 41.3 Å². The third kappa shape index (κ3) is 4.57. The van der Waals surface area contributed by atoms with Crippen molar-refractivity contribution in [3.63, 3.8) is 0 Å². The molecule has 0 saturated carbocycles. The molecule has 11 heteroatoms. The lowest BCUT2D eigenvalue weighted by Crippen LogP contribution is -2.49. The zero-order valence-corrected chi connectivity index (χ0v) is 12.5. The first kappa shape index (κ1) is 19.8. The van der Waals surface area contributed by atoms with Crippen molar-refractivity contribution in [2.24, 2.45) is 0 Å². The van der Waals surface area contributed by atoms with Gasteiger partial charge in [0.2, 0.25) is 0 Å². The zero-order chi connectivity index (χ0) is 19.0. The van der Waals surface area contributed by atoms with Crippen LogP contribution in [-0.4, -0.2) is 37.3 Å². The summed E-state index contributed by atoms with van der Waals surface area (Å²) in [6, 6.07) is -2.39. The molecule has 1 aromatic carbocycles. The molecule has 25 heavy (non-hydrogen) atoms. The summed E-state index contributed by atoms with van der Waals surface area (Å²) >= 11 is 0. The van der Waals surface area contributed by atoms with E-state index in [-0.39, 0.29) is 44.4 Å². The van der Waals surface area contributed by atoms with Crippen LogP contribution in [0.15, 0.2) is 18.2 Å². The Hall–Kier alpha value is -1.49. The van der Waals surface area contributed by atoms with Crippen molar-refractivity contribution in [3.8, 4) is 0 Å². The van der Waals surface area contributed by atoms with Gasteiger partial charge in [-0.05, 0) is 17.7 Å². The van der Waals surface area contributed by atoms with Crippen molar-refractivity contribution in [2.75, 3.05) is 26.2 Å². The van der Waals surface area contributed by atoms with E-state index in [9.17, 15) is 39.5 Å². The Balaban J connectivity index is 2.60. The lowest BCUT2D eigenvalue weighted by Gasteiger charge is -2.37. The molecule has 0 radical (unpaired) electrons. The van der Waals surface area contributed by atoms with Crippen LogP contribution in [0.2, 0.25) is 0 Å². The first-order valence-electron chi connectivity index (χ1n) is 7.11. The molecule has 142 valence electrons. The van der Waals surface area contributed by atoms with E-state index in [1.54, 1.807) is 0 Å². The second-order valence-electron chi connectivity index (χ2n) is 5.53. The molecule has 2 rings (SSSR count). The summed E-state index contributed by atoms with van der Waals surface area (Å²) in [6.07, 6.45) is -15.5. The van der Waals surface area contributed by atoms with Gasteiger partial charge in [-0.1, -0.05) is 6.07 Å². The predicted octanol–water partition coefficient (Wildman–Crippen LogP) is 4.23. The number of nitrogens with zero attached hydrogens (tertiary/aromatic N) is 1. The summed E-state index contributed by atoms with van der Waals surface area (Å²) in [5.74, 6) is 0. The summed E-state index contributed by atoms with van der Waals surface area (Å²) < 4.78 is 118. The van der Waals surface area contributed by atoms with Crippen molar-refractivity contribution < 1.29 is 39.5 Å². The molecule has 1 aliphatic heterocycles. The Morgan fingerprint density at radius 1 is 0.840 bits per heavy atom. The Bertz CT molecular complexity index is 598. The largest absolute Gasteiger partial charge is 0.416 e. The highest BCUT2D eigenvalue weighted by molar-refractivity contribution is 5.38. The van der Waals surface area contributed by atoms with Gasteiger partial charge in [0, 0.05) is 26.2 Å².